The number of azo groups is 1. The second-order valence-electron chi connectivity index (χ2n) is 2.23. The fourth-order valence-electron chi connectivity index (χ4n) is 0.769. The first kappa shape index (κ1) is 3.55. The Morgan fingerprint density at radius 2 is 1.86 bits per heavy atom. The maximum atomic E-state index is 3.86. The van der Waals surface area contributed by atoms with Crippen LogP contribution in [0.5, 0.6) is 0 Å². The predicted molar refractivity (Wildman–Crippen MR) is 25.3 cm³/mol. The summed E-state index contributed by atoms with van der Waals surface area (Å²) in [6.07, 6.45) is 0. The molecule has 1 N–H and O–H groups in total. The number of hydrogen-bond donors (Lipinski definition) is 1. The smallest absolute Gasteiger partial charge is 0.0812 e. The number of nitrogens with zero attached hydrogens (tertiary/aromatic N) is 2. The van der Waals surface area contributed by atoms with Gasteiger partial charge in [0.25, 0.3) is 0 Å². The van der Waals surface area contributed by atoms with Crippen LogP contribution in [0.4, 0.5) is 0 Å². The van der Waals surface area contributed by atoms with Crippen molar-refractivity contribution in [3.63, 3.8) is 0 Å². The SMILES string of the molecule is C1N=NCC12CN2. The second-order valence-corrected chi connectivity index (χ2v) is 2.23. The summed E-state index contributed by atoms with van der Waals surface area (Å²) in [5.74, 6) is 0. The number of nitrogens with one attached hydrogen (secondary N) is 1. The van der Waals surface area contributed by atoms with Gasteiger partial charge < -0.3 is 5.32 Å². The molecule has 0 unspecified atom stereocenters. The van der Waals surface area contributed by atoms with Gasteiger partial charge in [-0.15, -0.1) is 0 Å². The summed E-state index contributed by atoms with van der Waals surface area (Å²) in [7, 11) is 0. The number of rotatable bonds is 0. The molecule has 2 rings (SSSR count). The lowest BCUT2D eigenvalue weighted by atomic mass is 10.2. The average Bonchev–Trinajstić information content (AvgIpc) is 2.15. The van der Waals surface area contributed by atoms with Gasteiger partial charge in [0, 0.05) is 6.54 Å². The molecule has 1 spiro atoms. The van der Waals surface area contributed by atoms with Crippen molar-refractivity contribution in [2.24, 2.45) is 10.2 Å². The van der Waals surface area contributed by atoms with Crippen LogP contribution in [0.3, 0.4) is 0 Å². The van der Waals surface area contributed by atoms with Gasteiger partial charge in [0.05, 0.1) is 18.6 Å². The highest BCUT2D eigenvalue weighted by Crippen LogP contribution is 2.22. The van der Waals surface area contributed by atoms with E-state index in [4.69, 9.17) is 0 Å². The van der Waals surface area contributed by atoms with Gasteiger partial charge in [0.15, 0.2) is 0 Å². The zero-order valence-electron chi connectivity index (χ0n) is 4.02. The van der Waals surface area contributed by atoms with Crippen molar-refractivity contribution in [3.8, 4) is 0 Å². The molecule has 0 atom stereocenters. The molecule has 0 saturated carbocycles. The Hall–Kier alpha value is -0.440. The predicted octanol–water partition coefficient (Wildman–Crippen LogP) is -0.206. The highest BCUT2D eigenvalue weighted by Gasteiger charge is 2.44. The molecule has 0 aromatic heterocycles. The summed E-state index contributed by atoms with van der Waals surface area (Å²) in [4.78, 5) is 0. The summed E-state index contributed by atoms with van der Waals surface area (Å²) < 4.78 is 0. The number of hydrogen-bond acceptors (Lipinski definition) is 3. The lowest BCUT2D eigenvalue weighted by Crippen LogP contribution is -2.18. The van der Waals surface area contributed by atoms with Gasteiger partial charge in [-0.3, -0.25) is 0 Å². The first-order valence-electron chi connectivity index (χ1n) is 2.50. The molecule has 2 aliphatic rings. The Morgan fingerprint density at radius 3 is 2.14 bits per heavy atom. The molecule has 7 heavy (non-hydrogen) atoms. The molecule has 1 saturated heterocycles. The molecule has 0 bridgehead atoms. The van der Waals surface area contributed by atoms with Crippen molar-refractivity contribution in [2.45, 2.75) is 5.54 Å². The van der Waals surface area contributed by atoms with Crippen LogP contribution < -0.4 is 5.32 Å². The molecule has 0 aromatic rings. The molecule has 0 amide bonds. The highest BCUT2D eigenvalue weighted by molar-refractivity contribution is 5.09. The molecule has 0 aliphatic carbocycles. The van der Waals surface area contributed by atoms with E-state index in [-0.39, 0.29) is 0 Å². The molecule has 3 nitrogen and oxygen atoms in total. The molecule has 2 aliphatic heterocycles. The summed E-state index contributed by atoms with van der Waals surface area (Å²) in [5, 5.41) is 10.9. The fourth-order valence-corrected chi connectivity index (χ4v) is 0.769. The van der Waals surface area contributed by atoms with Gasteiger partial charge in [-0.2, -0.15) is 10.2 Å². The largest absolute Gasteiger partial charge is 0.305 e. The quantitative estimate of drug-likeness (QED) is 0.418. The van der Waals surface area contributed by atoms with Gasteiger partial charge in [-0.05, 0) is 0 Å². The van der Waals surface area contributed by atoms with E-state index in [0.717, 1.165) is 19.6 Å². The van der Waals surface area contributed by atoms with Gasteiger partial charge in [-0.1, -0.05) is 0 Å². The Kier molecular flexibility index (Phi) is 0.439. The minimum absolute atomic E-state index is 0.361. The maximum absolute atomic E-state index is 3.86. The van der Waals surface area contributed by atoms with Crippen molar-refractivity contribution in [3.05, 3.63) is 0 Å². The maximum Gasteiger partial charge on any atom is 0.0812 e. The fraction of sp³-hybridized carbons (Fsp3) is 1.00. The van der Waals surface area contributed by atoms with Crippen molar-refractivity contribution >= 4 is 0 Å². The molecule has 38 valence electrons. The normalized spacial score (nSPS) is 32.0. The highest BCUT2D eigenvalue weighted by atomic mass is 15.3. The van der Waals surface area contributed by atoms with Crippen LogP contribution in [0.2, 0.25) is 0 Å². The molecule has 2 heterocycles. The summed E-state index contributed by atoms with van der Waals surface area (Å²) in [6, 6.07) is 0. The third-order valence-electron chi connectivity index (χ3n) is 1.52. The van der Waals surface area contributed by atoms with E-state index < -0.39 is 0 Å². The standard InChI is InChI=1S/C4H7N3/c1-4(5-1)2-6-7-3-4/h5H,1-3H2. The van der Waals surface area contributed by atoms with E-state index in [1.54, 1.807) is 0 Å². The second kappa shape index (κ2) is 0.865. The molecule has 1 fully saturated rings. The molecule has 3 heteroatoms. The van der Waals surface area contributed by atoms with E-state index in [1.165, 1.54) is 0 Å². The summed E-state index contributed by atoms with van der Waals surface area (Å²) in [5.41, 5.74) is 0.361. The topological polar surface area (TPSA) is 46.7 Å². The summed E-state index contributed by atoms with van der Waals surface area (Å²) >= 11 is 0. The first-order valence-corrected chi connectivity index (χ1v) is 2.50. The van der Waals surface area contributed by atoms with Crippen molar-refractivity contribution in [2.75, 3.05) is 19.6 Å². The molecule has 0 radical (unpaired) electrons. The Balaban J connectivity index is 2.14. The van der Waals surface area contributed by atoms with E-state index in [0.29, 0.717) is 5.54 Å². The van der Waals surface area contributed by atoms with Crippen LogP contribution in [0.25, 0.3) is 0 Å². The Morgan fingerprint density at radius 1 is 1.29 bits per heavy atom. The van der Waals surface area contributed by atoms with Crippen LogP contribution >= 0.6 is 0 Å². The van der Waals surface area contributed by atoms with Gasteiger partial charge in [-0.25, -0.2) is 0 Å². The molecule has 0 aromatic carbocycles. The van der Waals surface area contributed by atoms with Crippen LogP contribution in [0, 0.1) is 0 Å². The van der Waals surface area contributed by atoms with Crippen molar-refractivity contribution in [1.82, 2.24) is 5.32 Å². The van der Waals surface area contributed by atoms with E-state index >= 15 is 0 Å². The van der Waals surface area contributed by atoms with Crippen LogP contribution in [0.15, 0.2) is 10.2 Å². The monoisotopic (exact) mass is 97.1 g/mol. The van der Waals surface area contributed by atoms with Gasteiger partial charge in [0.2, 0.25) is 0 Å². The minimum Gasteiger partial charge on any atom is -0.305 e. The Labute approximate surface area is 41.8 Å². The zero-order valence-corrected chi connectivity index (χ0v) is 4.02. The van der Waals surface area contributed by atoms with E-state index in [2.05, 4.69) is 15.5 Å². The zero-order chi connectivity index (χ0) is 4.74. The Bertz CT molecular complexity index is 104. The average molecular weight is 97.1 g/mol. The van der Waals surface area contributed by atoms with Crippen molar-refractivity contribution in [1.29, 1.82) is 0 Å². The van der Waals surface area contributed by atoms with Crippen molar-refractivity contribution < 1.29 is 0 Å². The van der Waals surface area contributed by atoms with Crippen LogP contribution in [0.1, 0.15) is 0 Å². The van der Waals surface area contributed by atoms with E-state index in [1.807, 2.05) is 0 Å². The van der Waals surface area contributed by atoms with Gasteiger partial charge >= 0.3 is 0 Å². The lowest BCUT2D eigenvalue weighted by molar-refractivity contribution is 0.728. The molecular weight excluding hydrogens is 90.1 g/mol. The van der Waals surface area contributed by atoms with E-state index in [9.17, 15) is 0 Å². The summed E-state index contributed by atoms with van der Waals surface area (Å²) in [6.45, 7) is 2.94. The van der Waals surface area contributed by atoms with Gasteiger partial charge in [0.1, 0.15) is 0 Å². The first-order chi connectivity index (χ1) is 3.41. The van der Waals surface area contributed by atoms with Crippen LogP contribution in [-0.4, -0.2) is 25.2 Å². The lowest BCUT2D eigenvalue weighted by Gasteiger charge is -1.92. The molecular formula is C4H7N3. The minimum atomic E-state index is 0.361. The third kappa shape index (κ3) is 0.383. The van der Waals surface area contributed by atoms with Crippen LogP contribution in [-0.2, 0) is 0 Å². The third-order valence-corrected chi connectivity index (χ3v) is 1.52.